The van der Waals surface area contributed by atoms with E-state index in [2.05, 4.69) is 15.5 Å². The predicted octanol–water partition coefficient (Wildman–Crippen LogP) is 2.89. The lowest BCUT2D eigenvalue weighted by molar-refractivity contribution is 0.627. The molecule has 0 saturated heterocycles. The number of anilines is 1. The summed E-state index contributed by atoms with van der Waals surface area (Å²) in [5.41, 5.74) is 1.77. The minimum Gasteiger partial charge on any atom is -0.377 e. The highest BCUT2D eigenvalue weighted by molar-refractivity contribution is 5.57. The van der Waals surface area contributed by atoms with E-state index in [1.165, 1.54) is 18.2 Å². The molecule has 0 spiro atoms. The van der Waals surface area contributed by atoms with Gasteiger partial charge in [0.2, 0.25) is 0 Å². The highest BCUT2D eigenvalue weighted by Gasteiger charge is 2.08. The van der Waals surface area contributed by atoms with Crippen LogP contribution in [0.3, 0.4) is 0 Å². The monoisotopic (exact) mass is 293 g/mol. The average Bonchev–Trinajstić information content (AvgIpc) is 3.03. The van der Waals surface area contributed by atoms with Gasteiger partial charge in [0.25, 0.3) is 0 Å². The summed E-state index contributed by atoms with van der Waals surface area (Å²) >= 11 is 0. The molecule has 1 N–H and O–H groups in total. The number of aromatic nitrogens is 3. The molecule has 6 heteroatoms. The third-order valence-electron chi connectivity index (χ3n) is 3.19. The third-order valence-corrected chi connectivity index (χ3v) is 3.19. The van der Waals surface area contributed by atoms with E-state index < -0.39 is 5.82 Å². The Morgan fingerprint density at radius 3 is 2.77 bits per heavy atom. The molecule has 1 aromatic heterocycles. The Morgan fingerprint density at radius 1 is 1.18 bits per heavy atom. The first-order chi connectivity index (χ1) is 10.8. The van der Waals surface area contributed by atoms with Gasteiger partial charge in [-0.2, -0.15) is 5.26 Å². The van der Waals surface area contributed by atoms with Crippen LogP contribution in [0.15, 0.2) is 54.9 Å². The molecule has 22 heavy (non-hydrogen) atoms. The first kappa shape index (κ1) is 13.8. The zero-order chi connectivity index (χ0) is 15.4. The van der Waals surface area contributed by atoms with Crippen LogP contribution < -0.4 is 5.32 Å². The summed E-state index contributed by atoms with van der Waals surface area (Å²) < 4.78 is 15.0. The molecular formula is C16H12FN5. The smallest absolute Gasteiger partial charge is 0.156 e. The summed E-state index contributed by atoms with van der Waals surface area (Å²) in [5.74, 6) is 0.258. The number of nitrogens with zero attached hydrogens (tertiary/aromatic N) is 4. The first-order valence-electron chi connectivity index (χ1n) is 6.66. The summed E-state index contributed by atoms with van der Waals surface area (Å²) in [6.07, 6.45) is 1.63. The van der Waals surface area contributed by atoms with Crippen LogP contribution in [0.4, 0.5) is 10.1 Å². The van der Waals surface area contributed by atoms with E-state index in [4.69, 9.17) is 5.26 Å². The number of nitrogens with one attached hydrogen (secondary N) is 1. The maximum absolute atomic E-state index is 13.1. The van der Waals surface area contributed by atoms with Crippen molar-refractivity contribution in [3.63, 3.8) is 0 Å². The quantitative estimate of drug-likeness (QED) is 0.803. The molecule has 0 aliphatic heterocycles. The van der Waals surface area contributed by atoms with Gasteiger partial charge in [0.1, 0.15) is 18.2 Å². The van der Waals surface area contributed by atoms with Crippen LogP contribution in [0.2, 0.25) is 0 Å². The minimum atomic E-state index is -0.436. The molecule has 2 aromatic carbocycles. The summed E-state index contributed by atoms with van der Waals surface area (Å²) in [4.78, 5) is 0. The molecule has 0 aliphatic carbocycles. The van der Waals surface area contributed by atoms with Crippen molar-refractivity contribution in [3.8, 4) is 11.8 Å². The maximum atomic E-state index is 13.1. The topological polar surface area (TPSA) is 66.5 Å². The van der Waals surface area contributed by atoms with Gasteiger partial charge in [0.05, 0.1) is 17.8 Å². The summed E-state index contributed by atoms with van der Waals surface area (Å²) in [6.45, 7) is 0.370. The normalized spacial score (nSPS) is 10.2. The molecule has 0 unspecified atom stereocenters. The van der Waals surface area contributed by atoms with Crippen molar-refractivity contribution >= 4 is 5.69 Å². The number of halogens is 1. The van der Waals surface area contributed by atoms with E-state index in [-0.39, 0.29) is 5.56 Å². The lowest BCUT2D eigenvalue weighted by Crippen LogP contribution is -2.08. The number of rotatable bonds is 4. The summed E-state index contributed by atoms with van der Waals surface area (Å²) in [7, 11) is 0. The van der Waals surface area contributed by atoms with Crippen molar-refractivity contribution in [1.29, 1.82) is 5.26 Å². The largest absolute Gasteiger partial charge is 0.377 e. The number of nitriles is 1. The van der Waals surface area contributed by atoms with E-state index >= 15 is 0 Å². The predicted molar refractivity (Wildman–Crippen MR) is 79.8 cm³/mol. The molecule has 0 atom stereocenters. The minimum absolute atomic E-state index is 0.255. The van der Waals surface area contributed by atoms with Gasteiger partial charge in [-0.25, -0.2) is 4.39 Å². The Balaban J connectivity index is 1.82. The van der Waals surface area contributed by atoms with Crippen molar-refractivity contribution in [1.82, 2.24) is 14.8 Å². The zero-order valence-corrected chi connectivity index (χ0v) is 11.6. The maximum Gasteiger partial charge on any atom is 0.156 e. The van der Waals surface area contributed by atoms with E-state index in [1.807, 2.05) is 41.0 Å². The van der Waals surface area contributed by atoms with E-state index in [0.717, 1.165) is 5.69 Å². The van der Waals surface area contributed by atoms with Gasteiger partial charge in [-0.15, -0.1) is 10.2 Å². The highest BCUT2D eigenvalue weighted by atomic mass is 19.1. The van der Waals surface area contributed by atoms with Crippen LogP contribution in [0.25, 0.3) is 5.69 Å². The van der Waals surface area contributed by atoms with Gasteiger partial charge in [-0.3, -0.25) is 4.57 Å². The molecule has 0 aliphatic rings. The Kier molecular flexibility index (Phi) is 3.79. The standard InChI is InChI=1S/C16H12FN5/c17-13-6-7-15(12(8-13)9-18)19-10-16-21-20-11-22(16)14-4-2-1-3-5-14/h1-8,11,19H,10H2. The molecule has 5 nitrogen and oxygen atoms in total. The molecule has 3 aromatic rings. The Hall–Kier alpha value is -3.20. The SMILES string of the molecule is N#Cc1cc(F)ccc1NCc1nncn1-c1ccccc1. The summed E-state index contributed by atoms with van der Waals surface area (Å²) in [5, 5.41) is 20.1. The van der Waals surface area contributed by atoms with Crippen molar-refractivity contribution < 1.29 is 4.39 Å². The molecule has 1 heterocycles. The van der Waals surface area contributed by atoms with Crippen LogP contribution >= 0.6 is 0 Å². The molecule has 108 valence electrons. The Bertz CT molecular complexity index is 820. The zero-order valence-electron chi connectivity index (χ0n) is 11.6. The molecule has 3 rings (SSSR count). The fourth-order valence-corrected chi connectivity index (χ4v) is 2.12. The van der Waals surface area contributed by atoms with Gasteiger partial charge in [0.15, 0.2) is 5.82 Å². The van der Waals surface area contributed by atoms with Gasteiger partial charge in [-0.05, 0) is 30.3 Å². The van der Waals surface area contributed by atoms with Crippen LogP contribution in [-0.2, 0) is 6.54 Å². The van der Waals surface area contributed by atoms with Gasteiger partial charge in [-0.1, -0.05) is 18.2 Å². The lowest BCUT2D eigenvalue weighted by Gasteiger charge is -2.09. The Morgan fingerprint density at radius 2 is 2.00 bits per heavy atom. The molecule has 0 saturated carbocycles. The van der Waals surface area contributed by atoms with E-state index in [9.17, 15) is 4.39 Å². The molecule has 0 bridgehead atoms. The van der Waals surface area contributed by atoms with Crippen molar-refractivity contribution in [2.45, 2.75) is 6.54 Å². The van der Waals surface area contributed by atoms with Crippen LogP contribution in [0.5, 0.6) is 0 Å². The molecular weight excluding hydrogens is 281 g/mol. The third kappa shape index (κ3) is 2.79. The molecule has 0 amide bonds. The molecule has 0 radical (unpaired) electrons. The second-order valence-electron chi connectivity index (χ2n) is 4.61. The van der Waals surface area contributed by atoms with E-state index in [1.54, 1.807) is 6.33 Å². The highest BCUT2D eigenvalue weighted by Crippen LogP contribution is 2.17. The van der Waals surface area contributed by atoms with Gasteiger partial charge < -0.3 is 5.32 Å². The lowest BCUT2D eigenvalue weighted by atomic mass is 10.2. The number of benzene rings is 2. The second-order valence-corrected chi connectivity index (χ2v) is 4.61. The average molecular weight is 293 g/mol. The summed E-state index contributed by atoms with van der Waals surface area (Å²) in [6, 6.07) is 15.7. The molecule has 0 fully saturated rings. The van der Waals surface area contributed by atoms with Crippen LogP contribution in [0, 0.1) is 17.1 Å². The van der Waals surface area contributed by atoms with E-state index in [0.29, 0.717) is 18.1 Å². The van der Waals surface area contributed by atoms with Crippen molar-refractivity contribution in [2.24, 2.45) is 0 Å². The number of para-hydroxylation sites is 1. The Labute approximate surface area is 126 Å². The second kappa shape index (κ2) is 6.06. The van der Waals surface area contributed by atoms with Crippen molar-refractivity contribution in [2.75, 3.05) is 5.32 Å². The van der Waals surface area contributed by atoms with Crippen molar-refractivity contribution in [3.05, 3.63) is 72.1 Å². The fourth-order valence-electron chi connectivity index (χ4n) is 2.12. The fraction of sp³-hybridized carbons (Fsp3) is 0.0625. The van der Waals surface area contributed by atoms with Crippen LogP contribution in [-0.4, -0.2) is 14.8 Å². The van der Waals surface area contributed by atoms with Gasteiger partial charge >= 0.3 is 0 Å². The van der Waals surface area contributed by atoms with Gasteiger partial charge in [0, 0.05) is 5.69 Å². The van der Waals surface area contributed by atoms with Crippen LogP contribution in [0.1, 0.15) is 11.4 Å². The first-order valence-corrected chi connectivity index (χ1v) is 6.66. The number of hydrogen-bond acceptors (Lipinski definition) is 4. The number of hydrogen-bond donors (Lipinski definition) is 1.